The van der Waals surface area contributed by atoms with E-state index in [9.17, 15) is 13.2 Å². The molecule has 0 bridgehead atoms. The van der Waals surface area contributed by atoms with E-state index in [-0.39, 0.29) is 5.02 Å². The molecular weight excluding hydrogens is 241 g/mol. The molecular formula is C11H12ClF3O. The normalized spacial score (nSPS) is 13.9. The molecule has 1 aromatic carbocycles. The van der Waals surface area contributed by atoms with Gasteiger partial charge < -0.3 is 5.11 Å². The monoisotopic (exact) mass is 252 g/mol. The van der Waals surface area contributed by atoms with E-state index >= 15 is 0 Å². The fourth-order valence-corrected chi connectivity index (χ4v) is 1.59. The number of benzene rings is 1. The van der Waals surface area contributed by atoms with Crippen molar-refractivity contribution in [3.8, 4) is 0 Å². The van der Waals surface area contributed by atoms with Crippen LogP contribution in [0.2, 0.25) is 5.02 Å². The maximum atomic E-state index is 12.4. The number of aliphatic hydroxyl groups excluding tert-OH is 1. The summed E-state index contributed by atoms with van der Waals surface area (Å²) < 4.78 is 37.3. The third-order valence-electron chi connectivity index (χ3n) is 2.14. The van der Waals surface area contributed by atoms with Crippen LogP contribution in [0.25, 0.3) is 0 Å². The lowest BCUT2D eigenvalue weighted by molar-refractivity contribution is -0.137. The number of hydrogen-bond donors (Lipinski definition) is 1. The summed E-state index contributed by atoms with van der Waals surface area (Å²) in [5, 5.41) is 9.12. The van der Waals surface area contributed by atoms with Crippen LogP contribution in [0.4, 0.5) is 13.2 Å². The van der Waals surface area contributed by atoms with E-state index in [2.05, 4.69) is 0 Å². The minimum Gasteiger partial charge on any atom is -0.393 e. The van der Waals surface area contributed by atoms with Gasteiger partial charge in [-0.2, -0.15) is 13.2 Å². The molecule has 0 heterocycles. The van der Waals surface area contributed by atoms with Crippen molar-refractivity contribution in [1.82, 2.24) is 0 Å². The van der Waals surface area contributed by atoms with Crippen molar-refractivity contribution in [2.24, 2.45) is 0 Å². The Kier molecular flexibility index (Phi) is 4.21. The summed E-state index contributed by atoms with van der Waals surface area (Å²) >= 11 is 5.61. The maximum absolute atomic E-state index is 12.4. The molecule has 0 unspecified atom stereocenters. The SMILES string of the molecule is C[C@@H](O)CCc1cc(Cl)cc(C(F)(F)F)c1. The third kappa shape index (κ3) is 4.02. The molecule has 1 N–H and O–H groups in total. The highest BCUT2D eigenvalue weighted by atomic mass is 35.5. The maximum Gasteiger partial charge on any atom is 0.416 e. The first-order chi connectivity index (χ1) is 7.29. The van der Waals surface area contributed by atoms with Crippen LogP contribution in [0.15, 0.2) is 18.2 Å². The quantitative estimate of drug-likeness (QED) is 0.870. The first-order valence-corrected chi connectivity index (χ1v) is 5.21. The van der Waals surface area contributed by atoms with Crippen molar-refractivity contribution in [3.63, 3.8) is 0 Å². The summed E-state index contributed by atoms with van der Waals surface area (Å²) in [6, 6.07) is 3.45. The molecule has 0 aromatic heterocycles. The van der Waals surface area contributed by atoms with E-state index in [0.29, 0.717) is 18.4 Å². The minimum absolute atomic E-state index is 0.0652. The molecule has 5 heteroatoms. The lowest BCUT2D eigenvalue weighted by Gasteiger charge is -2.10. The lowest BCUT2D eigenvalue weighted by atomic mass is 10.0. The Hall–Kier alpha value is -0.740. The minimum atomic E-state index is -4.38. The van der Waals surface area contributed by atoms with Crippen LogP contribution in [0.5, 0.6) is 0 Å². The van der Waals surface area contributed by atoms with Crippen LogP contribution < -0.4 is 0 Å². The van der Waals surface area contributed by atoms with E-state index < -0.39 is 17.8 Å². The van der Waals surface area contributed by atoms with Crippen molar-refractivity contribution >= 4 is 11.6 Å². The Labute approximate surface area is 96.9 Å². The number of rotatable bonds is 3. The number of aliphatic hydroxyl groups is 1. The average Bonchev–Trinajstić information content (AvgIpc) is 2.12. The largest absolute Gasteiger partial charge is 0.416 e. The summed E-state index contributed by atoms with van der Waals surface area (Å²) in [5.41, 5.74) is -0.263. The lowest BCUT2D eigenvalue weighted by Crippen LogP contribution is -2.07. The van der Waals surface area contributed by atoms with E-state index in [1.54, 1.807) is 6.92 Å². The van der Waals surface area contributed by atoms with Crippen LogP contribution in [0, 0.1) is 0 Å². The summed E-state index contributed by atoms with van der Waals surface area (Å²) in [6.45, 7) is 1.59. The van der Waals surface area contributed by atoms with Gasteiger partial charge in [0.25, 0.3) is 0 Å². The van der Waals surface area contributed by atoms with E-state index in [0.717, 1.165) is 12.1 Å². The zero-order valence-electron chi connectivity index (χ0n) is 8.68. The molecule has 0 radical (unpaired) electrons. The number of aryl methyl sites for hydroxylation is 1. The van der Waals surface area contributed by atoms with Gasteiger partial charge in [-0.1, -0.05) is 11.6 Å². The number of halogens is 4. The van der Waals surface area contributed by atoms with Gasteiger partial charge in [0.05, 0.1) is 11.7 Å². The highest BCUT2D eigenvalue weighted by Gasteiger charge is 2.30. The Bertz CT molecular complexity index is 361. The number of alkyl halides is 3. The highest BCUT2D eigenvalue weighted by molar-refractivity contribution is 6.30. The first-order valence-electron chi connectivity index (χ1n) is 4.84. The molecule has 1 nitrogen and oxygen atoms in total. The third-order valence-corrected chi connectivity index (χ3v) is 2.35. The van der Waals surface area contributed by atoms with Crippen molar-refractivity contribution in [2.45, 2.75) is 32.0 Å². The van der Waals surface area contributed by atoms with Crippen LogP contribution in [-0.2, 0) is 12.6 Å². The molecule has 1 atom stereocenters. The molecule has 0 amide bonds. The summed E-state index contributed by atoms with van der Waals surface area (Å²) in [5.74, 6) is 0. The standard InChI is InChI=1S/C11H12ClF3O/c1-7(16)2-3-8-4-9(11(13,14)15)6-10(12)5-8/h4-7,16H,2-3H2,1H3/t7-/m1/s1. The Morgan fingerprint density at radius 2 is 1.94 bits per heavy atom. The average molecular weight is 253 g/mol. The van der Waals surface area contributed by atoms with Crippen molar-refractivity contribution in [2.75, 3.05) is 0 Å². The second-order valence-corrected chi connectivity index (χ2v) is 4.17. The summed E-state index contributed by atoms with van der Waals surface area (Å²) in [6.07, 6.45) is -4.13. The molecule has 16 heavy (non-hydrogen) atoms. The van der Waals surface area contributed by atoms with Crippen molar-refractivity contribution in [1.29, 1.82) is 0 Å². The highest BCUT2D eigenvalue weighted by Crippen LogP contribution is 2.32. The van der Waals surface area contributed by atoms with Gasteiger partial charge in [0, 0.05) is 5.02 Å². The number of hydrogen-bond acceptors (Lipinski definition) is 1. The molecule has 1 rings (SSSR count). The second kappa shape index (κ2) is 5.06. The second-order valence-electron chi connectivity index (χ2n) is 3.73. The molecule has 1 aromatic rings. The smallest absolute Gasteiger partial charge is 0.393 e. The molecule has 0 aliphatic rings. The van der Waals surface area contributed by atoms with Gasteiger partial charge >= 0.3 is 6.18 Å². The zero-order chi connectivity index (χ0) is 12.3. The Morgan fingerprint density at radius 1 is 1.31 bits per heavy atom. The van der Waals surface area contributed by atoms with Gasteiger partial charge in [-0.3, -0.25) is 0 Å². The van der Waals surface area contributed by atoms with Gasteiger partial charge in [-0.25, -0.2) is 0 Å². The fraction of sp³-hybridized carbons (Fsp3) is 0.455. The van der Waals surface area contributed by atoms with Crippen LogP contribution >= 0.6 is 11.6 Å². The van der Waals surface area contributed by atoms with Crippen molar-refractivity contribution in [3.05, 3.63) is 34.3 Å². The van der Waals surface area contributed by atoms with E-state index in [4.69, 9.17) is 16.7 Å². The predicted molar refractivity (Wildman–Crippen MR) is 56.5 cm³/mol. The predicted octanol–water partition coefficient (Wildman–Crippen LogP) is 3.67. The Balaban J connectivity index is 2.90. The molecule has 0 saturated carbocycles. The van der Waals surface area contributed by atoms with Gasteiger partial charge in [-0.15, -0.1) is 0 Å². The van der Waals surface area contributed by atoms with Gasteiger partial charge in [0.15, 0.2) is 0 Å². The summed E-state index contributed by atoms with van der Waals surface area (Å²) in [7, 11) is 0. The molecule has 0 saturated heterocycles. The molecule has 0 fully saturated rings. The van der Waals surface area contributed by atoms with Crippen LogP contribution in [-0.4, -0.2) is 11.2 Å². The van der Waals surface area contributed by atoms with Crippen LogP contribution in [0.3, 0.4) is 0 Å². The molecule has 90 valence electrons. The molecule has 0 aliphatic carbocycles. The van der Waals surface area contributed by atoms with Gasteiger partial charge in [0.1, 0.15) is 0 Å². The summed E-state index contributed by atoms with van der Waals surface area (Å²) in [4.78, 5) is 0. The van der Waals surface area contributed by atoms with Gasteiger partial charge in [-0.05, 0) is 43.5 Å². The van der Waals surface area contributed by atoms with E-state index in [1.165, 1.54) is 6.07 Å². The molecule has 0 spiro atoms. The fourth-order valence-electron chi connectivity index (χ4n) is 1.33. The van der Waals surface area contributed by atoms with E-state index in [1.807, 2.05) is 0 Å². The van der Waals surface area contributed by atoms with Crippen LogP contribution in [0.1, 0.15) is 24.5 Å². The molecule has 0 aliphatic heterocycles. The van der Waals surface area contributed by atoms with Gasteiger partial charge in [0.2, 0.25) is 0 Å². The Morgan fingerprint density at radius 3 is 2.44 bits per heavy atom. The van der Waals surface area contributed by atoms with Crippen molar-refractivity contribution < 1.29 is 18.3 Å². The zero-order valence-corrected chi connectivity index (χ0v) is 9.44. The first kappa shape index (κ1) is 13.3. The topological polar surface area (TPSA) is 20.2 Å².